The molecule has 5 heteroatoms. The van der Waals surface area contributed by atoms with Gasteiger partial charge in [0.2, 0.25) is 0 Å². The van der Waals surface area contributed by atoms with Gasteiger partial charge in [0.05, 0.1) is 6.61 Å². The maximum atomic E-state index is 9.72. The SMILES string of the molecule is Oc1ccc2c(c1)OC1c3cc(O)c(O)cc3COC1C2. The molecular weight excluding hydrogens is 272 g/mol. The summed E-state index contributed by atoms with van der Waals surface area (Å²) >= 11 is 0. The molecule has 2 heterocycles. The average molecular weight is 286 g/mol. The molecule has 0 fully saturated rings. The molecule has 0 aliphatic carbocycles. The van der Waals surface area contributed by atoms with E-state index in [9.17, 15) is 15.3 Å². The summed E-state index contributed by atoms with van der Waals surface area (Å²) in [4.78, 5) is 0. The molecule has 2 aromatic rings. The molecule has 2 aromatic carbocycles. The van der Waals surface area contributed by atoms with Crippen molar-refractivity contribution < 1.29 is 24.8 Å². The van der Waals surface area contributed by atoms with Crippen molar-refractivity contribution in [2.75, 3.05) is 0 Å². The highest BCUT2D eigenvalue weighted by Gasteiger charge is 2.37. The van der Waals surface area contributed by atoms with Crippen molar-refractivity contribution in [2.45, 2.75) is 25.2 Å². The van der Waals surface area contributed by atoms with Gasteiger partial charge < -0.3 is 24.8 Å². The lowest BCUT2D eigenvalue weighted by molar-refractivity contribution is -0.0614. The topological polar surface area (TPSA) is 79.2 Å². The quantitative estimate of drug-likeness (QED) is 0.648. The van der Waals surface area contributed by atoms with Crippen LogP contribution in [0.3, 0.4) is 0 Å². The molecule has 0 radical (unpaired) electrons. The van der Waals surface area contributed by atoms with Gasteiger partial charge in [0.25, 0.3) is 0 Å². The Bertz CT molecular complexity index is 725. The Balaban J connectivity index is 1.79. The Labute approximate surface area is 121 Å². The lowest BCUT2D eigenvalue weighted by atomic mass is 9.89. The second kappa shape index (κ2) is 4.30. The van der Waals surface area contributed by atoms with Gasteiger partial charge in [-0.15, -0.1) is 0 Å². The number of benzene rings is 2. The molecule has 0 aromatic heterocycles. The van der Waals surface area contributed by atoms with Gasteiger partial charge in [0, 0.05) is 18.1 Å². The smallest absolute Gasteiger partial charge is 0.157 e. The Morgan fingerprint density at radius 3 is 2.62 bits per heavy atom. The summed E-state index contributed by atoms with van der Waals surface area (Å²) in [6.45, 7) is 0.376. The van der Waals surface area contributed by atoms with Crippen LogP contribution in [0, 0.1) is 0 Å². The van der Waals surface area contributed by atoms with Gasteiger partial charge in [-0.3, -0.25) is 0 Å². The average Bonchev–Trinajstić information content (AvgIpc) is 2.47. The molecule has 21 heavy (non-hydrogen) atoms. The van der Waals surface area contributed by atoms with E-state index in [1.54, 1.807) is 12.1 Å². The zero-order valence-electron chi connectivity index (χ0n) is 11.1. The third-order valence-electron chi connectivity index (χ3n) is 4.06. The van der Waals surface area contributed by atoms with Gasteiger partial charge >= 0.3 is 0 Å². The molecule has 0 spiro atoms. The van der Waals surface area contributed by atoms with Crippen LogP contribution >= 0.6 is 0 Å². The maximum Gasteiger partial charge on any atom is 0.157 e. The van der Waals surface area contributed by atoms with E-state index in [2.05, 4.69) is 0 Å². The van der Waals surface area contributed by atoms with Crippen molar-refractivity contribution in [1.29, 1.82) is 0 Å². The third-order valence-corrected chi connectivity index (χ3v) is 4.06. The first-order valence-corrected chi connectivity index (χ1v) is 6.77. The fourth-order valence-corrected chi connectivity index (χ4v) is 2.99. The molecule has 108 valence electrons. The van der Waals surface area contributed by atoms with E-state index >= 15 is 0 Å². The van der Waals surface area contributed by atoms with Crippen LogP contribution in [0.15, 0.2) is 30.3 Å². The van der Waals surface area contributed by atoms with Crippen LogP contribution in [0.25, 0.3) is 0 Å². The molecule has 0 saturated carbocycles. The van der Waals surface area contributed by atoms with Gasteiger partial charge in [-0.2, -0.15) is 0 Å². The molecule has 3 N–H and O–H groups in total. The molecule has 2 atom stereocenters. The van der Waals surface area contributed by atoms with Gasteiger partial charge in [0.1, 0.15) is 17.6 Å². The zero-order valence-corrected chi connectivity index (χ0v) is 11.1. The van der Waals surface area contributed by atoms with Crippen molar-refractivity contribution in [3.8, 4) is 23.0 Å². The van der Waals surface area contributed by atoms with Crippen molar-refractivity contribution in [3.05, 3.63) is 47.0 Å². The van der Waals surface area contributed by atoms with Crippen LogP contribution in [-0.2, 0) is 17.8 Å². The number of aromatic hydroxyl groups is 3. The van der Waals surface area contributed by atoms with Crippen LogP contribution < -0.4 is 4.74 Å². The van der Waals surface area contributed by atoms with Gasteiger partial charge in [-0.25, -0.2) is 0 Å². The molecule has 4 rings (SSSR count). The molecule has 0 bridgehead atoms. The number of ether oxygens (including phenoxy) is 2. The molecule has 0 amide bonds. The maximum absolute atomic E-state index is 9.72. The molecule has 5 nitrogen and oxygen atoms in total. The predicted molar refractivity (Wildman–Crippen MR) is 73.5 cm³/mol. The van der Waals surface area contributed by atoms with Crippen LogP contribution in [-0.4, -0.2) is 21.4 Å². The lowest BCUT2D eigenvalue weighted by Gasteiger charge is -2.38. The third kappa shape index (κ3) is 1.89. The fraction of sp³-hybridized carbons (Fsp3) is 0.250. The van der Waals surface area contributed by atoms with Crippen molar-refractivity contribution in [1.82, 2.24) is 0 Å². The monoisotopic (exact) mass is 286 g/mol. The molecule has 2 aliphatic heterocycles. The van der Waals surface area contributed by atoms with Gasteiger partial charge in [-0.1, -0.05) is 6.07 Å². The first-order valence-electron chi connectivity index (χ1n) is 6.77. The number of hydrogen-bond acceptors (Lipinski definition) is 5. The summed E-state index contributed by atoms with van der Waals surface area (Å²) < 4.78 is 11.8. The van der Waals surface area contributed by atoms with E-state index in [1.807, 2.05) is 6.07 Å². The minimum absolute atomic E-state index is 0.140. The minimum Gasteiger partial charge on any atom is -0.508 e. The van der Waals surface area contributed by atoms with E-state index in [0.717, 1.165) is 16.7 Å². The summed E-state index contributed by atoms with van der Waals surface area (Å²) in [7, 11) is 0. The van der Waals surface area contributed by atoms with E-state index in [0.29, 0.717) is 18.8 Å². The molecule has 2 aliphatic rings. The summed E-state index contributed by atoms with van der Waals surface area (Å²) in [5.41, 5.74) is 2.60. The van der Waals surface area contributed by atoms with Crippen molar-refractivity contribution >= 4 is 0 Å². The van der Waals surface area contributed by atoms with Gasteiger partial charge in [-0.05, 0) is 29.3 Å². The number of rotatable bonds is 0. The Morgan fingerprint density at radius 1 is 0.952 bits per heavy atom. The first-order chi connectivity index (χ1) is 10.1. The Morgan fingerprint density at radius 2 is 1.76 bits per heavy atom. The van der Waals surface area contributed by atoms with E-state index in [4.69, 9.17) is 9.47 Å². The van der Waals surface area contributed by atoms with Crippen LogP contribution in [0.5, 0.6) is 23.0 Å². The molecular formula is C16H14O5. The number of phenols is 3. The minimum atomic E-state index is -0.352. The Kier molecular flexibility index (Phi) is 2.53. The number of hydrogen-bond donors (Lipinski definition) is 3. The first kappa shape index (κ1) is 12.3. The number of fused-ring (bicyclic) bond motifs is 4. The predicted octanol–water partition coefficient (Wildman–Crippen LogP) is 2.38. The summed E-state index contributed by atoms with van der Waals surface area (Å²) in [6.07, 6.45) is 0.189. The summed E-state index contributed by atoms with van der Waals surface area (Å²) in [6, 6.07) is 8.07. The highest BCUT2D eigenvalue weighted by atomic mass is 16.5. The number of phenolic OH excluding ortho intramolecular Hbond substituents is 3. The van der Waals surface area contributed by atoms with E-state index in [-0.39, 0.29) is 29.5 Å². The second-order valence-corrected chi connectivity index (χ2v) is 5.42. The van der Waals surface area contributed by atoms with E-state index in [1.165, 1.54) is 12.1 Å². The van der Waals surface area contributed by atoms with Gasteiger partial charge in [0.15, 0.2) is 17.6 Å². The highest BCUT2D eigenvalue weighted by Crippen LogP contribution is 2.44. The van der Waals surface area contributed by atoms with Crippen LogP contribution in [0.1, 0.15) is 22.8 Å². The van der Waals surface area contributed by atoms with Crippen molar-refractivity contribution in [3.63, 3.8) is 0 Å². The normalized spacial score (nSPS) is 22.7. The Hall–Kier alpha value is -2.40. The summed E-state index contributed by atoms with van der Waals surface area (Å²) in [5.74, 6) is 0.447. The summed E-state index contributed by atoms with van der Waals surface area (Å²) in [5, 5.41) is 28.9. The lowest BCUT2D eigenvalue weighted by Crippen LogP contribution is -2.36. The largest absolute Gasteiger partial charge is 0.508 e. The molecule has 2 unspecified atom stereocenters. The fourth-order valence-electron chi connectivity index (χ4n) is 2.99. The second-order valence-electron chi connectivity index (χ2n) is 5.42. The standard InChI is InChI=1S/C16H14O5/c17-10-2-1-8-4-15-16(21-14(8)5-10)11-6-13(19)12(18)3-9(11)7-20-15/h1-3,5-6,15-19H,4,7H2. The molecule has 0 saturated heterocycles. The van der Waals surface area contributed by atoms with E-state index < -0.39 is 0 Å². The van der Waals surface area contributed by atoms with Crippen molar-refractivity contribution in [2.24, 2.45) is 0 Å². The highest BCUT2D eigenvalue weighted by molar-refractivity contribution is 5.49. The van der Waals surface area contributed by atoms with Crippen LogP contribution in [0.2, 0.25) is 0 Å². The van der Waals surface area contributed by atoms with Crippen LogP contribution in [0.4, 0.5) is 0 Å². The zero-order chi connectivity index (χ0) is 14.6.